The first-order chi connectivity index (χ1) is 14.0. The predicted molar refractivity (Wildman–Crippen MR) is 124 cm³/mol. The molecule has 4 nitrogen and oxygen atoms in total. The molecule has 156 valence electrons. The summed E-state index contributed by atoms with van der Waals surface area (Å²) >= 11 is 0. The summed E-state index contributed by atoms with van der Waals surface area (Å²) in [5, 5.41) is 0. The van der Waals surface area contributed by atoms with Crippen LogP contribution < -0.4 is 5.73 Å². The van der Waals surface area contributed by atoms with Gasteiger partial charge in [-0.3, -0.25) is 0 Å². The smallest absolute Gasteiger partial charge is 0.126 e. The molecule has 0 radical (unpaired) electrons. The molecule has 1 aliphatic heterocycles. The molecule has 2 heterocycles. The number of aryl methyl sites for hydroxylation is 2. The van der Waals surface area contributed by atoms with Crippen molar-refractivity contribution in [1.29, 1.82) is 0 Å². The van der Waals surface area contributed by atoms with E-state index < -0.39 is 0 Å². The lowest BCUT2D eigenvalue weighted by Crippen LogP contribution is -2.43. The van der Waals surface area contributed by atoms with Gasteiger partial charge in [-0.25, -0.2) is 4.98 Å². The third-order valence-corrected chi connectivity index (χ3v) is 6.05. The first-order valence-electron chi connectivity index (χ1n) is 10.9. The standard InChI is InChI=1S/C25H36N4/c1-5-6-7-8-23-18-24(19(2)27-25(23)26)17-21-9-11-22(12-10-21)20(3)29-15-13-28(4)14-16-29/h9-12,18H,3,5-8,13-17H2,1-2,4H3,(H2,26,27). The normalized spacial score (nSPS) is 14.9. The molecule has 4 heteroatoms. The highest BCUT2D eigenvalue weighted by Crippen LogP contribution is 2.23. The molecule has 3 rings (SSSR count). The summed E-state index contributed by atoms with van der Waals surface area (Å²) in [7, 11) is 2.18. The van der Waals surface area contributed by atoms with Crippen LogP contribution in [-0.4, -0.2) is 48.0 Å². The van der Waals surface area contributed by atoms with Gasteiger partial charge in [0.05, 0.1) is 0 Å². The molecule has 2 aromatic rings. The van der Waals surface area contributed by atoms with Crippen LogP contribution in [0.4, 0.5) is 5.82 Å². The summed E-state index contributed by atoms with van der Waals surface area (Å²) in [6, 6.07) is 11.1. The van der Waals surface area contributed by atoms with Crippen LogP contribution in [0, 0.1) is 6.92 Å². The van der Waals surface area contributed by atoms with E-state index in [0.29, 0.717) is 5.82 Å². The van der Waals surface area contributed by atoms with E-state index in [1.54, 1.807) is 0 Å². The van der Waals surface area contributed by atoms with Gasteiger partial charge in [-0.15, -0.1) is 0 Å². The molecular weight excluding hydrogens is 356 g/mol. The number of benzene rings is 1. The molecule has 2 N–H and O–H groups in total. The average Bonchev–Trinajstić information content (AvgIpc) is 2.72. The second-order valence-corrected chi connectivity index (χ2v) is 8.35. The molecule has 0 unspecified atom stereocenters. The molecule has 0 atom stereocenters. The minimum Gasteiger partial charge on any atom is -0.383 e. The van der Waals surface area contributed by atoms with Crippen molar-refractivity contribution in [2.75, 3.05) is 39.0 Å². The predicted octanol–water partition coefficient (Wildman–Crippen LogP) is 4.51. The van der Waals surface area contributed by atoms with Crippen molar-refractivity contribution in [2.45, 2.75) is 46.0 Å². The van der Waals surface area contributed by atoms with Crippen LogP contribution in [0.1, 0.15) is 54.1 Å². The molecule has 1 saturated heterocycles. The Balaban J connectivity index is 1.67. The number of nitrogens with two attached hydrogens (primary N) is 1. The molecule has 0 spiro atoms. The van der Waals surface area contributed by atoms with Crippen LogP contribution in [0.25, 0.3) is 5.70 Å². The maximum absolute atomic E-state index is 6.17. The third kappa shape index (κ3) is 5.60. The van der Waals surface area contributed by atoms with Crippen LogP contribution in [0.3, 0.4) is 0 Å². The van der Waals surface area contributed by atoms with Crippen molar-refractivity contribution in [3.05, 3.63) is 64.9 Å². The summed E-state index contributed by atoms with van der Waals surface area (Å²) in [6.45, 7) is 12.9. The summed E-state index contributed by atoms with van der Waals surface area (Å²) in [6.07, 6.45) is 5.54. The quantitative estimate of drug-likeness (QED) is 0.671. The molecule has 1 aromatic carbocycles. The van der Waals surface area contributed by atoms with E-state index in [1.165, 1.54) is 41.5 Å². The van der Waals surface area contributed by atoms with E-state index in [4.69, 9.17) is 5.73 Å². The van der Waals surface area contributed by atoms with Crippen LogP contribution >= 0.6 is 0 Å². The Morgan fingerprint density at radius 1 is 1.07 bits per heavy atom. The summed E-state index contributed by atoms with van der Waals surface area (Å²) in [5.41, 5.74) is 13.3. The van der Waals surface area contributed by atoms with Gasteiger partial charge < -0.3 is 15.5 Å². The largest absolute Gasteiger partial charge is 0.383 e. The van der Waals surface area contributed by atoms with Gasteiger partial charge in [-0.05, 0) is 55.5 Å². The maximum atomic E-state index is 6.17. The van der Waals surface area contributed by atoms with E-state index in [9.17, 15) is 0 Å². The Morgan fingerprint density at radius 2 is 1.76 bits per heavy atom. The average molecular weight is 393 g/mol. The number of nitrogens with zero attached hydrogens (tertiary/aromatic N) is 3. The zero-order valence-electron chi connectivity index (χ0n) is 18.4. The maximum Gasteiger partial charge on any atom is 0.126 e. The highest BCUT2D eigenvalue weighted by Gasteiger charge is 2.16. The Kier molecular flexibility index (Phi) is 7.32. The van der Waals surface area contributed by atoms with Crippen molar-refractivity contribution in [3.63, 3.8) is 0 Å². The minimum absolute atomic E-state index is 0.696. The van der Waals surface area contributed by atoms with Crippen LogP contribution in [-0.2, 0) is 12.8 Å². The lowest BCUT2D eigenvalue weighted by Gasteiger charge is -2.35. The number of hydrogen-bond donors (Lipinski definition) is 1. The Morgan fingerprint density at radius 3 is 2.41 bits per heavy atom. The number of nitrogen functional groups attached to an aromatic ring is 1. The highest BCUT2D eigenvalue weighted by atomic mass is 15.2. The summed E-state index contributed by atoms with van der Waals surface area (Å²) in [5.74, 6) is 0.696. The highest BCUT2D eigenvalue weighted by molar-refractivity contribution is 5.62. The second kappa shape index (κ2) is 9.93. The van der Waals surface area contributed by atoms with Crippen LogP contribution in [0.2, 0.25) is 0 Å². The Bertz CT molecular complexity index is 817. The number of likely N-dealkylation sites (N-methyl/N-ethyl adjacent to an activating group) is 1. The summed E-state index contributed by atoms with van der Waals surface area (Å²) in [4.78, 5) is 9.38. The number of pyridine rings is 1. The van der Waals surface area contributed by atoms with E-state index >= 15 is 0 Å². The number of anilines is 1. The number of rotatable bonds is 8. The number of aromatic nitrogens is 1. The molecule has 0 amide bonds. The molecule has 0 aliphatic carbocycles. The van der Waals surface area contributed by atoms with Gasteiger partial charge in [0.25, 0.3) is 0 Å². The number of unbranched alkanes of at least 4 members (excludes halogenated alkanes) is 2. The van der Waals surface area contributed by atoms with Gasteiger partial charge in [-0.1, -0.05) is 56.7 Å². The van der Waals surface area contributed by atoms with Gasteiger partial charge >= 0.3 is 0 Å². The topological polar surface area (TPSA) is 45.4 Å². The van der Waals surface area contributed by atoms with Crippen molar-refractivity contribution >= 4 is 11.5 Å². The third-order valence-electron chi connectivity index (χ3n) is 6.05. The molecule has 29 heavy (non-hydrogen) atoms. The lowest BCUT2D eigenvalue weighted by molar-refractivity contribution is 0.207. The van der Waals surface area contributed by atoms with Gasteiger partial charge in [-0.2, -0.15) is 0 Å². The molecule has 0 saturated carbocycles. The monoisotopic (exact) mass is 392 g/mol. The van der Waals surface area contributed by atoms with E-state index in [2.05, 4.69) is 72.6 Å². The van der Waals surface area contributed by atoms with Gasteiger partial charge in [0, 0.05) is 37.6 Å². The van der Waals surface area contributed by atoms with Gasteiger partial charge in [0.1, 0.15) is 5.82 Å². The SMILES string of the molecule is C=C(c1ccc(Cc2cc(CCCCC)c(N)nc2C)cc1)N1CCN(C)CC1. The molecule has 1 aliphatic rings. The molecular formula is C25H36N4. The fourth-order valence-electron chi connectivity index (χ4n) is 3.95. The van der Waals surface area contributed by atoms with E-state index in [-0.39, 0.29) is 0 Å². The van der Waals surface area contributed by atoms with Crippen molar-refractivity contribution < 1.29 is 0 Å². The first-order valence-corrected chi connectivity index (χ1v) is 10.9. The van der Waals surface area contributed by atoms with Crippen LogP contribution in [0.15, 0.2) is 36.9 Å². The van der Waals surface area contributed by atoms with Crippen molar-refractivity contribution in [2.24, 2.45) is 0 Å². The Hall–Kier alpha value is -2.33. The zero-order valence-corrected chi connectivity index (χ0v) is 18.4. The lowest BCUT2D eigenvalue weighted by atomic mass is 9.98. The fraction of sp³-hybridized carbons (Fsp3) is 0.480. The van der Waals surface area contributed by atoms with Crippen molar-refractivity contribution in [1.82, 2.24) is 14.8 Å². The molecule has 0 bridgehead atoms. The second-order valence-electron chi connectivity index (χ2n) is 8.35. The molecule has 1 aromatic heterocycles. The zero-order chi connectivity index (χ0) is 20.8. The van der Waals surface area contributed by atoms with Crippen LogP contribution in [0.5, 0.6) is 0 Å². The minimum atomic E-state index is 0.696. The fourth-order valence-corrected chi connectivity index (χ4v) is 3.95. The van der Waals surface area contributed by atoms with E-state index in [1.807, 2.05) is 0 Å². The number of piperazine rings is 1. The molecule has 1 fully saturated rings. The van der Waals surface area contributed by atoms with Gasteiger partial charge in [0.15, 0.2) is 0 Å². The Labute approximate surface area is 176 Å². The van der Waals surface area contributed by atoms with Gasteiger partial charge in [0.2, 0.25) is 0 Å². The summed E-state index contributed by atoms with van der Waals surface area (Å²) < 4.78 is 0. The van der Waals surface area contributed by atoms with Crippen molar-refractivity contribution in [3.8, 4) is 0 Å². The van der Waals surface area contributed by atoms with E-state index in [0.717, 1.165) is 50.4 Å². The first kappa shape index (κ1) is 21.4. The number of hydrogen-bond acceptors (Lipinski definition) is 4.